The number of amides is 1. The number of carboxylic acids is 1. The summed E-state index contributed by atoms with van der Waals surface area (Å²) in [6.07, 6.45) is 10.9. The van der Waals surface area contributed by atoms with Crippen LogP contribution in [-0.4, -0.2) is 46.0 Å². The van der Waals surface area contributed by atoms with E-state index in [9.17, 15) is 14.7 Å². The van der Waals surface area contributed by atoms with E-state index in [-0.39, 0.29) is 18.0 Å². The van der Waals surface area contributed by atoms with Gasteiger partial charge in [0.15, 0.2) is 0 Å². The fourth-order valence-corrected chi connectivity index (χ4v) is 5.36. The zero-order chi connectivity index (χ0) is 24.8. The Balaban J connectivity index is 1.67. The van der Waals surface area contributed by atoms with Crippen LogP contribution in [-0.2, 0) is 11.3 Å². The Labute approximate surface area is 210 Å². The van der Waals surface area contributed by atoms with Gasteiger partial charge in [0, 0.05) is 36.2 Å². The van der Waals surface area contributed by atoms with Crippen LogP contribution in [0.15, 0.2) is 41.2 Å². The fourth-order valence-electron chi connectivity index (χ4n) is 5.13. The van der Waals surface area contributed by atoms with Gasteiger partial charge in [-0.05, 0) is 62.4 Å². The SMILES string of the molecule is CN(CCCCNC(=O)Cn1c(-c2ccoc2)c(C2CCCCC2)c2ccc(C(=O)O)cc21)SN. The summed E-state index contributed by atoms with van der Waals surface area (Å²) in [4.78, 5) is 24.8. The van der Waals surface area contributed by atoms with E-state index in [1.165, 1.54) is 37.0 Å². The number of nitrogens with zero attached hydrogens (tertiary/aromatic N) is 2. The van der Waals surface area contributed by atoms with E-state index in [0.29, 0.717) is 12.5 Å². The third kappa shape index (κ3) is 5.91. The summed E-state index contributed by atoms with van der Waals surface area (Å²) >= 11 is 1.20. The van der Waals surface area contributed by atoms with Crippen LogP contribution in [0.5, 0.6) is 0 Å². The number of rotatable bonds is 11. The van der Waals surface area contributed by atoms with Gasteiger partial charge in [0.2, 0.25) is 5.91 Å². The van der Waals surface area contributed by atoms with Crippen molar-refractivity contribution in [1.29, 1.82) is 0 Å². The molecule has 8 nitrogen and oxygen atoms in total. The molecular weight excluding hydrogens is 464 g/mol. The minimum Gasteiger partial charge on any atom is -0.478 e. The number of nitrogens with one attached hydrogen (secondary N) is 1. The summed E-state index contributed by atoms with van der Waals surface area (Å²) in [5.41, 5.74) is 4.06. The maximum absolute atomic E-state index is 13.0. The number of hydrogen-bond acceptors (Lipinski definition) is 6. The molecule has 1 amide bonds. The molecular formula is C26H34N4O4S. The molecule has 1 fully saturated rings. The zero-order valence-corrected chi connectivity index (χ0v) is 21.0. The van der Waals surface area contributed by atoms with Gasteiger partial charge in [-0.15, -0.1) is 0 Å². The first-order chi connectivity index (χ1) is 17.0. The number of nitrogens with two attached hydrogens (primary N) is 1. The summed E-state index contributed by atoms with van der Waals surface area (Å²) in [5, 5.41) is 19.2. The number of unbranched alkanes of at least 4 members (excludes halogenated alkanes) is 1. The lowest BCUT2D eigenvalue weighted by molar-refractivity contribution is -0.121. The number of fused-ring (bicyclic) bond motifs is 1. The summed E-state index contributed by atoms with van der Waals surface area (Å²) in [5.74, 6) is -0.702. The fraction of sp³-hybridized carbons (Fsp3) is 0.462. The molecule has 1 aromatic carbocycles. The predicted molar refractivity (Wildman–Crippen MR) is 139 cm³/mol. The highest BCUT2D eigenvalue weighted by Gasteiger charge is 2.28. The van der Waals surface area contributed by atoms with E-state index in [0.717, 1.165) is 54.4 Å². The number of hydrogen-bond donors (Lipinski definition) is 3. The average Bonchev–Trinajstić information content (AvgIpc) is 3.50. The Morgan fingerprint density at radius 3 is 2.71 bits per heavy atom. The van der Waals surface area contributed by atoms with E-state index < -0.39 is 5.97 Å². The van der Waals surface area contributed by atoms with Gasteiger partial charge in [0.1, 0.15) is 6.54 Å². The Morgan fingerprint density at radius 1 is 1.23 bits per heavy atom. The Morgan fingerprint density at radius 2 is 2.03 bits per heavy atom. The van der Waals surface area contributed by atoms with Crippen molar-refractivity contribution in [3.05, 3.63) is 47.9 Å². The summed E-state index contributed by atoms with van der Waals surface area (Å²) in [6, 6.07) is 7.18. The number of aromatic carboxylic acids is 1. The molecule has 1 aliphatic carbocycles. The smallest absolute Gasteiger partial charge is 0.335 e. The molecule has 0 spiro atoms. The zero-order valence-electron chi connectivity index (χ0n) is 20.2. The standard InChI is InChI=1S/C26H34N4O4S/c1-29(35-27)13-6-5-12-28-23(31)16-30-22-15-19(26(32)33)9-10-21(22)24(18-7-3-2-4-8-18)25(30)20-11-14-34-17-20/h9-11,14-15,17-18H,2-8,12-13,16,27H2,1H3,(H,28,31)(H,32,33). The van der Waals surface area contributed by atoms with Crippen LogP contribution in [0.4, 0.5) is 0 Å². The molecule has 3 aromatic rings. The molecule has 0 bridgehead atoms. The topological polar surface area (TPSA) is 114 Å². The van der Waals surface area contributed by atoms with Crippen LogP contribution in [0.1, 0.15) is 66.8 Å². The summed E-state index contributed by atoms with van der Waals surface area (Å²) < 4.78 is 9.36. The summed E-state index contributed by atoms with van der Waals surface area (Å²) in [7, 11) is 1.94. The first-order valence-corrected chi connectivity index (χ1v) is 13.1. The summed E-state index contributed by atoms with van der Waals surface area (Å²) in [6.45, 7) is 1.55. The highest BCUT2D eigenvalue weighted by Crippen LogP contribution is 2.44. The quantitative estimate of drug-likeness (QED) is 0.252. The van der Waals surface area contributed by atoms with E-state index in [4.69, 9.17) is 9.56 Å². The molecule has 0 radical (unpaired) electrons. The first kappa shape index (κ1) is 25.3. The molecule has 35 heavy (non-hydrogen) atoms. The van der Waals surface area contributed by atoms with Gasteiger partial charge in [0.25, 0.3) is 0 Å². The number of furan rings is 1. The first-order valence-electron chi connectivity index (χ1n) is 12.3. The van der Waals surface area contributed by atoms with Crippen LogP contribution < -0.4 is 10.5 Å². The second-order valence-electron chi connectivity index (χ2n) is 9.25. The molecule has 0 saturated heterocycles. The molecule has 4 N–H and O–H groups in total. The van der Waals surface area contributed by atoms with E-state index >= 15 is 0 Å². The number of benzene rings is 1. The highest BCUT2D eigenvalue weighted by atomic mass is 32.2. The second kappa shape index (κ2) is 11.8. The lowest BCUT2D eigenvalue weighted by Gasteiger charge is -2.23. The Bertz CT molecular complexity index is 1150. The van der Waals surface area contributed by atoms with Gasteiger partial charge in [-0.25, -0.2) is 9.10 Å². The van der Waals surface area contributed by atoms with E-state index in [2.05, 4.69) is 5.32 Å². The molecule has 9 heteroatoms. The van der Waals surface area contributed by atoms with Crippen LogP contribution in [0.3, 0.4) is 0 Å². The van der Waals surface area contributed by atoms with Crippen LogP contribution in [0.2, 0.25) is 0 Å². The van der Waals surface area contributed by atoms with Crippen molar-refractivity contribution >= 4 is 34.9 Å². The van der Waals surface area contributed by atoms with E-state index in [1.807, 2.05) is 28.1 Å². The minimum atomic E-state index is -0.978. The Hall–Kier alpha value is -2.75. The van der Waals surface area contributed by atoms with Crippen LogP contribution in [0.25, 0.3) is 22.2 Å². The van der Waals surface area contributed by atoms with Crippen molar-refractivity contribution in [2.75, 3.05) is 20.1 Å². The Kier molecular flexibility index (Phi) is 8.54. The second-order valence-corrected chi connectivity index (χ2v) is 10.1. The number of carbonyl (C=O) groups excluding carboxylic acids is 1. The van der Waals surface area contributed by atoms with Crippen molar-refractivity contribution in [2.45, 2.75) is 57.4 Å². The largest absolute Gasteiger partial charge is 0.478 e. The molecule has 2 heterocycles. The molecule has 4 rings (SSSR count). The van der Waals surface area contributed by atoms with Gasteiger partial charge >= 0.3 is 5.97 Å². The van der Waals surface area contributed by atoms with Crippen LogP contribution >= 0.6 is 12.1 Å². The van der Waals surface area contributed by atoms with Crippen molar-refractivity contribution < 1.29 is 19.1 Å². The van der Waals surface area contributed by atoms with Gasteiger partial charge < -0.3 is 19.4 Å². The van der Waals surface area contributed by atoms with Gasteiger partial charge in [-0.3, -0.25) is 9.93 Å². The molecule has 1 aliphatic rings. The maximum atomic E-state index is 13.0. The van der Waals surface area contributed by atoms with Crippen molar-refractivity contribution in [3.63, 3.8) is 0 Å². The van der Waals surface area contributed by atoms with Gasteiger partial charge in [0.05, 0.1) is 29.3 Å². The number of carboxylic acid groups (broad SMARTS) is 1. The number of carbonyl (C=O) groups is 2. The minimum absolute atomic E-state index is 0.0934. The highest BCUT2D eigenvalue weighted by molar-refractivity contribution is 7.94. The molecule has 1 saturated carbocycles. The molecule has 0 aliphatic heterocycles. The predicted octanol–water partition coefficient (Wildman–Crippen LogP) is 5.00. The van der Waals surface area contributed by atoms with Crippen molar-refractivity contribution in [1.82, 2.24) is 14.2 Å². The molecule has 188 valence electrons. The average molecular weight is 499 g/mol. The monoisotopic (exact) mass is 498 g/mol. The van der Waals surface area contributed by atoms with Gasteiger partial charge in [-0.1, -0.05) is 25.3 Å². The van der Waals surface area contributed by atoms with Gasteiger partial charge in [-0.2, -0.15) is 0 Å². The molecule has 2 aromatic heterocycles. The molecule has 0 unspecified atom stereocenters. The lowest BCUT2D eigenvalue weighted by atomic mass is 9.82. The number of aromatic nitrogens is 1. The van der Waals surface area contributed by atoms with Crippen molar-refractivity contribution in [3.8, 4) is 11.3 Å². The van der Waals surface area contributed by atoms with E-state index in [1.54, 1.807) is 24.7 Å². The maximum Gasteiger partial charge on any atom is 0.335 e. The lowest BCUT2D eigenvalue weighted by Crippen LogP contribution is -2.29. The van der Waals surface area contributed by atoms with Crippen LogP contribution in [0, 0.1) is 0 Å². The molecule has 0 atom stereocenters. The third-order valence-corrected chi connectivity index (χ3v) is 7.40. The third-order valence-electron chi connectivity index (χ3n) is 6.86. The normalized spacial score (nSPS) is 14.6. The van der Waals surface area contributed by atoms with Crippen molar-refractivity contribution in [2.24, 2.45) is 5.14 Å².